The Bertz CT molecular complexity index is 1450. The van der Waals surface area contributed by atoms with Gasteiger partial charge in [0, 0.05) is 31.1 Å². The number of amides is 1. The van der Waals surface area contributed by atoms with Crippen LogP contribution in [-0.2, 0) is 21.4 Å². The zero-order chi connectivity index (χ0) is 24.4. The van der Waals surface area contributed by atoms with Crippen LogP contribution in [0, 0.1) is 11.7 Å². The summed E-state index contributed by atoms with van der Waals surface area (Å²) in [7, 11) is -3.70. The zero-order valence-electron chi connectivity index (χ0n) is 18.9. The Morgan fingerprint density at radius 3 is 2.46 bits per heavy atom. The Morgan fingerprint density at radius 1 is 1.03 bits per heavy atom. The standard InChI is InChI=1S/C26H25FN4O3S/c27-21-8-6-18(7-9-21)17-28-26(32)20-12-14-31(15-13-20)35(33,34)22-10-11-23-24(16-22)30-25(29-23)19-4-2-1-3-5-19/h1-11,16,20H,12-15,17H2,(H,28,32)(H,29,30). The highest BCUT2D eigenvalue weighted by Crippen LogP contribution is 2.27. The van der Waals surface area contributed by atoms with Crippen molar-refractivity contribution >= 4 is 27.0 Å². The number of nitrogens with one attached hydrogen (secondary N) is 2. The van der Waals surface area contributed by atoms with Crippen LogP contribution < -0.4 is 5.32 Å². The highest BCUT2D eigenvalue weighted by Gasteiger charge is 2.32. The van der Waals surface area contributed by atoms with Crippen molar-refractivity contribution in [2.24, 2.45) is 5.92 Å². The number of rotatable bonds is 6. The van der Waals surface area contributed by atoms with E-state index in [0.717, 1.165) is 11.1 Å². The number of H-pyrrole nitrogens is 1. The van der Waals surface area contributed by atoms with Gasteiger partial charge in [0.1, 0.15) is 11.6 Å². The van der Waals surface area contributed by atoms with Crippen molar-refractivity contribution in [3.05, 3.63) is 84.2 Å². The van der Waals surface area contributed by atoms with E-state index in [1.54, 1.807) is 30.3 Å². The van der Waals surface area contributed by atoms with E-state index in [1.807, 2.05) is 30.3 Å². The largest absolute Gasteiger partial charge is 0.352 e. The lowest BCUT2D eigenvalue weighted by Crippen LogP contribution is -2.42. The van der Waals surface area contributed by atoms with Gasteiger partial charge in [0.25, 0.3) is 0 Å². The molecule has 1 aliphatic heterocycles. The van der Waals surface area contributed by atoms with Gasteiger partial charge in [-0.05, 0) is 48.7 Å². The first-order valence-corrected chi connectivity index (χ1v) is 12.9. The number of nitrogens with zero attached hydrogens (tertiary/aromatic N) is 2. The highest BCUT2D eigenvalue weighted by molar-refractivity contribution is 7.89. The molecular formula is C26H25FN4O3S. The Kier molecular flexibility index (Phi) is 6.36. The number of hydrogen-bond acceptors (Lipinski definition) is 4. The Morgan fingerprint density at radius 2 is 1.74 bits per heavy atom. The molecule has 2 N–H and O–H groups in total. The summed E-state index contributed by atoms with van der Waals surface area (Å²) < 4.78 is 41.0. The van der Waals surface area contributed by atoms with Gasteiger partial charge in [-0.15, -0.1) is 0 Å². The van der Waals surface area contributed by atoms with Gasteiger partial charge in [0.05, 0.1) is 15.9 Å². The molecule has 1 fully saturated rings. The molecule has 35 heavy (non-hydrogen) atoms. The number of carbonyl (C=O) groups is 1. The number of sulfonamides is 1. The minimum atomic E-state index is -3.70. The number of benzene rings is 3. The number of fused-ring (bicyclic) bond motifs is 1. The molecule has 1 aliphatic rings. The first-order chi connectivity index (χ1) is 16.9. The quantitative estimate of drug-likeness (QED) is 0.424. The van der Waals surface area contributed by atoms with Crippen molar-refractivity contribution in [2.45, 2.75) is 24.3 Å². The number of aromatic nitrogens is 2. The molecule has 2 heterocycles. The fourth-order valence-corrected chi connectivity index (χ4v) is 5.82. The predicted molar refractivity (Wildman–Crippen MR) is 131 cm³/mol. The minimum absolute atomic E-state index is 0.112. The molecule has 180 valence electrons. The molecule has 0 bridgehead atoms. The lowest BCUT2D eigenvalue weighted by atomic mass is 9.97. The number of aromatic amines is 1. The summed E-state index contributed by atoms with van der Waals surface area (Å²) in [6, 6.07) is 20.5. The number of halogens is 1. The molecule has 1 aromatic heterocycles. The fraction of sp³-hybridized carbons (Fsp3) is 0.231. The smallest absolute Gasteiger partial charge is 0.243 e. The maximum Gasteiger partial charge on any atom is 0.243 e. The van der Waals surface area contributed by atoms with Gasteiger partial charge in [-0.1, -0.05) is 42.5 Å². The maximum atomic E-state index is 13.3. The third-order valence-corrected chi connectivity index (χ3v) is 8.24. The SMILES string of the molecule is O=C(NCc1ccc(F)cc1)C1CCN(S(=O)(=O)c2ccc3nc(-c4ccccc4)[nH]c3c2)CC1. The van der Waals surface area contributed by atoms with Crippen LogP contribution in [-0.4, -0.2) is 41.7 Å². The van der Waals surface area contributed by atoms with Crippen molar-refractivity contribution in [3.8, 4) is 11.4 Å². The van der Waals surface area contributed by atoms with E-state index in [2.05, 4.69) is 15.3 Å². The first-order valence-electron chi connectivity index (χ1n) is 11.5. The molecule has 9 heteroatoms. The summed E-state index contributed by atoms with van der Waals surface area (Å²) in [5.74, 6) is -0.0105. The number of piperidine rings is 1. The molecular weight excluding hydrogens is 467 g/mol. The topological polar surface area (TPSA) is 95.2 Å². The monoisotopic (exact) mass is 492 g/mol. The van der Waals surface area contributed by atoms with Crippen LogP contribution in [0.5, 0.6) is 0 Å². The van der Waals surface area contributed by atoms with Crippen LogP contribution >= 0.6 is 0 Å². The molecule has 0 saturated carbocycles. The lowest BCUT2D eigenvalue weighted by Gasteiger charge is -2.30. The van der Waals surface area contributed by atoms with Gasteiger partial charge in [-0.2, -0.15) is 4.31 Å². The van der Waals surface area contributed by atoms with Gasteiger partial charge in [-0.25, -0.2) is 17.8 Å². The van der Waals surface area contributed by atoms with E-state index in [-0.39, 0.29) is 35.6 Å². The van der Waals surface area contributed by atoms with Crippen molar-refractivity contribution in [1.82, 2.24) is 19.6 Å². The molecule has 7 nitrogen and oxygen atoms in total. The van der Waals surface area contributed by atoms with E-state index in [1.165, 1.54) is 16.4 Å². The van der Waals surface area contributed by atoms with Crippen LogP contribution in [0.3, 0.4) is 0 Å². The molecule has 4 aromatic rings. The third kappa shape index (κ3) is 4.96. The Hall–Kier alpha value is -3.56. The van der Waals surface area contributed by atoms with E-state index in [4.69, 9.17) is 0 Å². The second-order valence-corrected chi connectivity index (χ2v) is 10.6. The molecule has 1 saturated heterocycles. The number of hydrogen-bond donors (Lipinski definition) is 2. The summed E-state index contributed by atoms with van der Waals surface area (Å²) in [5.41, 5.74) is 3.08. The number of imidazole rings is 1. The fourth-order valence-electron chi connectivity index (χ4n) is 4.33. The van der Waals surface area contributed by atoms with Crippen molar-refractivity contribution in [1.29, 1.82) is 0 Å². The van der Waals surface area contributed by atoms with Gasteiger partial charge in [-0.3, -0.25) is 4.79 Å². The molecule has 0 spiro atoms. The maximum absolute atomic E-state index is 13.3. The van der Waals surface area contributed by atoms with E-state index in [0.29, 0.717) is 36.2 Å². The Labute approximate surface area is 203 Å². The molecule has 3 aromatic carbocycles. The van der Waals surface area contributed by atoms with Crippen LogP contribution in [0.4, 0.5) is 4.39 Å². The van der Waals surface area contributed by atoms with Crippen molar-refractivity contribution in [3.63, 3.8) is 0 Å². The lowest BCUT2D eigenvalue weighted by molar-refractivity contribution is -0.126. The van der Waals surface area contributed by atoms with E-state index < -0.39 is 10.0 Å². The summed E-state index contributed by atoms with van der Waals surface area (Å²) in [5, 5.41) is 2.87. The van der Waals surface area contributed by atoms with Gasteiger partial charge in [0.15, 0.2) is 0 Å². The van der Waals surface area contributed by atoms with Gasteiger partial charge >= 0.3 is 0 Å². The summed E-state index contributed by atoms with van der Waals surface area (Å²) in [4.78, 5) is 20.5. The number of carbonyl (C=O) groups excluding carboxylic acids is 1. The van der Waals surface area contributed by atoms with E-state index in [9.17, 15) is 17.6 Å². The molecule has 5 rings (SSSR count). The van der Waals surface area contributed by atoms with Crippen molar-refractivity contribution < 1.29 is 17.6 Å². The molecule has 0 atom stereocenters. The third-order valence-electron chi connectivity index (χ3n) is 6.34. The van der Waals surface area contributed by atoms with Crippen LogP contribution in [0.25, 0.3) is 22.4 Å². The second kappa shape index (κ2) is 9.59. The Balaban J connectivity index is 1.23. The van der Waals surface area contributed by atoms with Crippen LogP contribution in [0.1, 0.15) is 18.4 Å². The molecule has 0 aliphatic carbocycles. The minimum Gasteiger partial charge on any atom is -0.352 e. The van der Waals surface area contributed by atoms with E-state index >= 15 is 0 Å². The summed E-state index contributed by atoms with van der Waals surface area (Å²) in [6.07, 6.45) is 0.887. The average molecular weight is 493 g/mol. The second-order valence-electron chi connectivity index (χ2n) is 8.65. The summed E-state index contributed by atoms with van der Waals surface area (Å²) in [6.45, 7) is 0.854. The average Bonchev–Trinajstić information content (AvgIpc) is 3.32. The molecule has 0 unspecified atom stereocenters. The molecule has 1 amide bonds. The zero-order valence-corrected chi connectivity index (χ0v) is 19.8. The van der Waals surface area contributed by atoms with Gasteiger partial charge in [0.2, 0.25) is 15.9 Å². The predicted octanol–water partition coefficient (Wildman–Crippen LogP) is 4.09. The van der Waals surface area contributed by atoms with Crippen molar-refractivity contribution in [2.75, 3.05) is 13.1 Å². The van der Waals surface area contributed by atoms with Gasteiger partial charge < -0.3 is 10.3 Å². The highest BCUT2D eigenvalue weighted by atomic mass is 32.2. The first kappa shape index (κ1) is 23.2. The normalized spacial score (nSPS) is 15.3. The summed E-state index contributed by atoms with van der Waals surface area (Å²) >= 11 is 0. The van der Waals surface area contributed by atoms with Crippen LogP contribution in [0.15, 0.2) is 77.7 Å². The molecule has 0 radical (unpaired) electrons. The van der Waals surface area contributed by atoms with Crippen LogP contribution in [0.2, 0.25) is 0 Å².